The number of carbonyl (C=O) groups is 1. The van der Waals surface area contributed by atoms with Crippen LogP contribution in [0.3, 0.4) is 0 Å². The fraction of sp³-hybridized carbons (Fsp3) is 0.400. The molecule has 0 aliphatic heterocycles. The van der Waals surface area contributed by atoms with E-state index in [0.29, 0.717) is 6.54 Å². The fourth-order valence-corrected chi connectivity index (χ4v) is 2.07. The Balaban J connectivity index is 2.19. The van der Waals surface area contributed by atoms with Gasteiger partial charge in [-0.15, -0.1) is 0 Å². The summed E-state index contributed by atoms with van der Waals surface area (Å²) in [4.78, 5) is 15.4. The molecule has 3 N–H and O–H groups in total. The Kier molecular flexibility index (Phi) is 3.62. The van der Waals surface area contributed by atoms with Crippen LogP contribution in [0.2, 0.25) is 0 Å². The van der Waals surface area contributed by atoms with Crippen molar-refractivity contribution >= 4 is 16.8 Å². The Morgan fingerprint density at radius 2 is 2.00 bits per heavy atom. The van der Waals surface area contributed by atoms with E-state index in [1.807, 2.05) is 39.0 Å². The van der Waals surface area contributed by atoms with Gasteiger partial charge in [0.15, 0.2) is 0 Å². The van der Waals surface area contributed by atoms with Gasteiger partial charge in [0, 0.05) is 23.1 Å². The Hall–Kier alpha value is -1.81. The standard InChI is InChI=1S/C15H21N3O/c1-10-12(9-17-14(19)15(2,3)16-4)11-7-5-6-8-13(11)18-10/h5-8,16,18H,9H2,1-4H3,(H,17,19). The predicted molar refractivity (Wildman–Crippen MR) is 78.0 cm³/mol. The van der Waals surface area contributed by atoms with Crippen molar-refractivity contribution in [2.75, 3.05) is 7.05 Å². The van der Waals surface area contributed by atoms with Gasteiger partial charge in [0.2, 0.25) is 5.91 Å². The Bertz CT molecular complexity index is 598. The Labute approximate surface area is 113 Å². The van der Waals surface area contributed by atoms with Gasteiger partial charge in [-0.3, -0.25) is 4.79 Å². The molecule has 0 saturated carbocycles. The van der Waals surface area contributed by atoms with Crippen LogP contribution in [0, 0.1) is 6.92 Å². The molecule has 0 aliphatic carbocycles. The van der Waals surface area contributed by atoms with E-state index < -0.39 is 5.54 Å². The number of aryl methyl sites for hydroxylation is 1. The summed E-state index contributed by atoms with van der Waals surface area (Å²) in [6.45, 7) is 6.30. The molecular formula is C15H21N3O. The summed E-state index contributed by atoms with van der Waals surface area (Å²) in [6.07, 6.45) is 0. The van der Waals surface area contributed by atoms with Crippen molar-refractivity contribution in [2.45, 2.75) is 32.9 Å². The molecule has 4 nitrogen and oxygen atoms in total. The summed E-state index contributed by atoms with van der Waals surface area (Å²) in [6, 6.07) is 8.14. The van der Waals surface area contributed by atoms with Gasteiger partial charge in [-0.05, 0) is 39.4 Å². The molecule has 19 heavy (non-hydrogen) atoms. The minimum atomic E-state index is -0.556. The number of hydrogen-bond donors (Lipinski definition) is 3. The number of H-pyrrole nitrogens is 1. The maximum absolute atomic E-state index is 12.1. The van der Waals surface area contributed by atoms with Crippen LogP contribution in [0.4, 0.5) is 0 Å². The molecule has 0 aliphatic rings. The van der Waals surface area contributed by atoms with E-state index in [2.05, 4.69) is 21.7 Å². The molecule has 1 amide bonds. The molecule has 0 unspecified atom stereocenters. The van der Waals surface area contributed by atoms with Crippen LogP contribution >= 0.6 is 0 Å². The van der Waals surface area contributed by atoms with E-state index in [0.717, 1.165) is 16.8 Å². The second-order valence-electron chi connectivity index (χ2n) is 5.33. The lowest BCUT2D eigenvalue weighted by atomic mass is 10.0. The van der Waals surface area contributed by atoms with Crippen molar-refractivity contribution in [1.29, 1.82) is 0 Å². The summed E-state index contributed by atoms with van der Waals surface area (Å²) in [7, 11) is 1.79. The van der Waals surface area contributed by atoms with Gasteiger partial charge in [-0.1, -0.05) is 18.2 Å². The van der Waals surface area contributed by atoms with E-state index in [4.69, 9.17) is 0 Å². The molecule has 102 valence electrons. The van der Waals surface area contributed by atoms with Gasteiger partial charge >= 0.3 is 0 Å². The van der Waals surface area contributed by atoms with E-state index in [1.54, 1.807) is 7.05 Å². The highest BCUT2D eigenvalue weighted by molar-refractivity contribution is 5.87. The van der Waals surface area contributed by atoms with Crippen molar-refractivity contribution in [3.05, 3.63) is 35.5 Å². The van der Waals surface area contributed by atoms with Gasteiger partial charge in [-0.2, -0.15) is 0 Å². The second-order valence-corrected chi connectivity index (χ2v) is 5.33. The van der Waals surface area contributed by atoms with Gasteiger partial charge in [-0.25, -0.2) is 0 Å². The summed E-state index contributed by atoms with van der Waals surface area (Å²) < 4.78 is 0. The number of hydrogen-bond acceptors (Lipinski definition) is 2. The van der Waals surface area contributed by atoms with Crippen molar-refractivity contribution < 1.29 is 4.79 Å². The minimum Gasteiger partial charge on any atom is -0.358 e. The number of fused-ring (bicyclic) bond motifs is 1. The number of aromatic amines is 1. The molecule has 0 fully saturated rings. The highest BCUT2D eigenvalue weighted by atomic mass is 16.2. The van der Waals surface area contributed by atoms with Crippen LogP contribution in [0.5, 0.6) is 0 Å². The van der Waals surface area contributed by atoms with Crippen molar-refractivity contribution in [3.8, 4) is 0 Å². The molecular weight excluding hydrogens is 238 g/mol. The number of para-hydroxylation sites is 1. The van der Waals surface area contributed by atoms with Gasteiger partial charge < -0.3 is 15.6 Å². The minimum absolute atomic E-state index is 0.000295. The number of aromatic nitrogens is 1. The van der Waals surface area contributed by atoms with Crippen molar-refractivity contribution in [1.82, 2.24) is 15.6 Å². The average Bonchev–Trinajstić information content (AvgIpc) is 2.71. The molecule has 2 rings (SSSR count). The number of likely N-dealkylation sites (N-methyl/N-ethyl adjacent to an activating group) is 1. The lowest BCUT2D eigenvalue weighted by Crippen LogP contribution is -2.50. The van der Waals surface area contributed by atoms with Crippen LogP contribution in [-0.4, -0.2) is 23.5 Å². The third-order valence-electron chi connectivity index (χ3n) is 3.65. The van der Waals surface area contributed by atoms with Gasteiger partial charge in [0.1, 0.15) is 0 Å². The van der Waals surface area contributed by atoms with E-state index >= 15 is 0 Å². The van der Waals surface area contributed by atoms with E-state index in [9.17, 15) is 4.79 Å². The monoisotopic (exact) mass is 259 g/mol. The van der Waals surface area contributed by atoms with Crippen LogP contribution in [0.1, 0.15) is 25.1 Å². The Morgan fingerprint density at radius 3 is 2.68 bits per heavy atom. The molecule has 0 spiro atoms. The molecule has 0 radical (unpaired) electrons. The first-order chi connectivity index (χ1) is 8.95. The zero-order valence-corrected chi connectivity index (χ0v) is 11.9. The zero-order valence-electron chi connectivity index (χ0n) is 11.9. The predicted octanol–water partition coefficient (Wildman–Crippen LogP) is 2.09. The van der Waals surface area contributed by atoms with Crippen molar-refractivity contribution in [3.63, 3.8) is 0 Å². The molecule has 0 atom stereocenters. The first-order valence-corrected chi connectivity index (χ1v) is 6.49. The highest BCUT2D eigenvalue weighted by Crippen LogP contribution is 2.21. The average molecular weight is 259 g/mol. The molecule has 1 aromatic heterocycles. The summed E-state index contributed by atoms with van der Waals surface area (Å²) in [5.41, 5.74) is 2.80. The molecule has 1 heterocycles. The second kappa shape index (κ2) is 5.05. The smallest absolute Gasteiger partial charge is 0.239 e. The van der Waals surface area contributed by atoms with Crippen LogP contribution < -0.4 is 10.6 Å². The topological polar surface area (TPSA) is 56.9 Å². The first-order valence-electron chi connectivity index (χ1n) is 6.49. The molecule has 2 aromatic rings. The van der Waals surface area contributed by atoms with E-state index in [-0.39, 0.29) is 5.91 Å². The van der Waals surface area contributed by atoms with Crippen LogP contribution in [0.25, 0.3) is 10.9 Å². The number of amides is 1. The SMILES string of the molecule is CNC(C)(C)C(=O)NCc1c(C)[nH]c2ccccc12. The highest BCUT2D eigenvalue weighted by Gasteiger charge is 2.25. The Morgan fingerprint density at radius 1 is 1.32 bits per heavy atom. The summed E-state index contributed by atoms with van der Waals surface area (Å²) >= 11 is 0. The number of benzene rings is 1. The number of carbonyl (C=O) groups excluding carboxylic acids is 1. The normalized spacial score (nSPS) is 11.8. The summed E-state index contributed by atoms with van der Waals surface area (Å²) in [5.74, 6) is -0.000295. The largest absolute Gasteiger partial charge is 0.358 e. The van der Waals surface area contributed by atoms with Crippen LogP contribution in [0.15, 0.2) is 24.3 Å². The van der Waals surface area contributed by atoms with E-state index in [1.165, 1.54) is 5.39 Å². The molecule has 1 aromatic carbocycles. The van der Waals surface area contributed by atoms with Gasteiger partial charge in [0.05, 0.1) is 5.54 Å². The first kappa shape index (κ1) is 13.6. The summed E-state index contributed by atoms with van der Waals surface area (Å²) in [5, 5.41) is 7.16. The maximum Gasteiger partial charge on any atom is 0.239 e. The number of nitrogens with one attached hydrogen (secondary N) is 3. The molecule has 4 heteroatoms. The zero-order chi connectivity index (χ0) is 14.0. The van der Waals surface area contributed by atoms with Crippen molar-refractivity contribution in [2.24, 2.45) is 0 Å². The molecule has 0 saturated heterocycles. The molecule has 0 bridgehead atoms. The third-order valence-corrected chi connectivity index (χ3v) is 3.65. The third kappa shape index (κ3) is 2.63. The number of rotatable bonds is 4. The lowest BCUT2D eigenvalue weighted by molar-refractivity contribution is -0.126. The van der Waals surface area contributed by atoms with Crippen LogP contribution in [-0.2, 0) is 11.3 Å². The van der Waals surface area contributed by atoms with Gasteiger partial charge in [0.25, 0.3) is 0 Å². The lowest BCUT2D eigenvalue weighted by Gasteiger charge is -2.22. The fourth-order valence-electron chi connectivity index (χ4n) is 2.07. The quantitative estimate of drug-likeness (QED) is 0.787. The maximum atomic E-state index is 12.1.